The number of benzene rings is 1. The Labute approximate surface area is 161 Å². The molecule has 1 aromatic carbocycles. The van der Waals surface area contributed by atoms with Crippen LogP contribution < -0.4 is 5.32 Å². The van der Waals surface area contributed by atoms with Crippen LogP contribution in [0.15, 0.2) is 30.3 Å². The van der Waals surface area contributed by atoms with Crippen LogP contribution in [-0.4, -0.2) is 63.3 Å². The van der Waals surface area contributed by atoms with Crippen LogP contribution in [0.1, 0.15) is 31.2 Å². The van der Waals surface area contributed by atoms with E-state index in [-0.39, 0.29) is 23.1 Å². The molecule has 0 spiro atoms. The highest BCUT2D eigenvalue weighted by molar-refractivity contribution is 5.83. The Balaban J connectivity index is 1.62. The van der Waals surface area contributed by atoms with Gasteiger partial charge in [-0.1, -0.05) is 30.3 Å². The molecule has 6 heteroatoms. The van der Waals surface area contributed by atoms with Crippen LogP contribution in [0.25, 0.3) is 0 Å². The maximum absolute atomic E-state index is 12.8. The fourth-order valence-electron chi connectivity index (χ4n) is 4.07. The van der Waals surface area contributed by atoms with Crippen LogP contribution >= 0.6 is 0 Å². The molecule has 1 N–H and O–H groups in total. The molecule has 0 saturated carbocycles. The molecule has 6 nitrogen and oxygen atoms in total. The van der Waals surface area contributed by atoms with E-state index >= 15 is 0 Å². The summed E-state index contributed by atoms with van der Waals surface area (Å²) in [6.45, 7) is 3.57. The molecule has 2 amide bonds. The summed E-state index contributed by atoms with van der Waals surface area (Å²) in [7, 11) is 1.62. The molecule has 2 aliphatic rings. The summed E-state index contributed by atoms with van der Waals surface area (Å²) in [6, 6.07) is 10.4. The molecule has 0 bridgehead atoms. The average Bonchev–Trinajstić information content (AvgIpc) is 2.73. The standard InChI is InChI=1S/C21H30N2O4/c1-26-14-11-23-15-17(7-8-19(23)24)20(25)22-16-21(9-12-27-13-10-21)18-5-3-2-4-6-18/h2-6,17H,7-16H2,1H3,(H,22,25)/t17-/m0/s1. The van der Waals surface area contributed by atoms with Gasteiger partial charge in [0.05, 0.1) is 12.5 Å². The third kappa shape index (κ3) is 4.87. The number of methoxy groups -OCH3 is 1. The third-order valence-corrected chi connectivity index (χ3v) is 5.87. The van der Waals surface area contributed by atoms with Gasteiger partial charge < -0.3 is 19.7 Å². The number of piperidine rings is 1. The van der Waals surface area contributed by atoms with Crippen LogP contribution in [0, 0.1) is 5.92 Å². The van der Waals surface area contributed by atoms with Crippen molar-refractivity contribution >= 4 is 11.8 Å². The predicted octanol–water partition coefficient (Wildman–Crippen LogP) is 1.74. The number of nitrogens with one attached hydrogen (secondary N) is 1. The SMILES string of the molecule is COCCN1C[C@@H](C(=O)NCC2(c3ccccc3)CCOCC2)CCC1=O. The number of hydrogen-bond acceptors (Lipinski definition) is 4. The third-order valence-electron chi connectivity index (χ3n) is 5.87. The highest BCUT2D eigenvalue weighted by atomic mass is 16.5. The number of rotatable bonds is 7. The molecule has 2 aliphatic heterocycles. The molecule has 0 unspecified atom stereocenters. The van der Waals surface area contributed by atoms with Crippen LogP contribution in [0.2, 0.25) is 0 Å². The van der Waals surface area contributed by atoms with Crippen LogP contribution in [0.4, 0.5) is 0 Å². The maximum Gasteiger partial charge on any atom is 0.224 e. The number of carbonyl (C=O) groups is 2. The monoisotopic (exact) mass is 374 g/mol. The van der Waals surface area contributed by atoms with Crippen molar-refractivity contribution in [2.45, 2.75) is 31.1 Å². The first kappa shape index (κ1) is 19.8. The van der Waals surface area contributed by atoms with E-state index in [1.54, 1.807) is 12.0 Å². The van der Waals surface area contributed by atoms with Gasteiger partial charge in [0.25, 0.3) is 0 Å². The highest BCUT2D eigenvalue weighted by Gasteiger charge is 2.36. The Hall–Kier alpha value is -1.92. The van der Waals surface area contributed by atoms with Gasteiger partial charge in [-0.3, -0.25) is 9.59 Å². The van der Waals surface area contributed by atoms with E-state index in [2.05, 4.69) is 29.6 Å². The van der Waals surface area contributed by atoms with Crippen molar-refractivity contribution in [3.8, 4) is 0 Å². The topological polar surface area (TPSA) is 67.9 Å². The summed E-state index contributed by atoms with van der Waals surface area (Å²) in [5, 5.41) is 3.19. The smallest absolute Gasteiger partial charge is 0.224 e. The van der Waals surface area contributed by atoms with Gasteiger partial charge in [0.15, 0.2) is 0 Å². The zero-order valence-corrected chi connectivity index (χ0v) is 16.1. The van der Waals surface area contributed by atoms with E-state index in [0.29, 0.717) is 52.3 Å². The van der Waals surface area contributed by atoms with Crippen molar-refractivity contribution in [3.05, 3.63) is 35.9 Å². The van der Waals surface area contributed by atoms with Gasteiger partial charge in [0, 0.05) is 51.8 Å². The summed E-state index contributed by atoms with van der Waals surface area (Å²) >= 11 is 0. The maximum atomic E-state index is 12.8. The molecule has 2 saturated heterocycles. The Bertz CT molecular complexity index is 628. The first-order valence-electron chi connectivity index (χ1n) is 9.82. The van der Waals surface area contributed by atoms with Gasteiger partial charge in [0.2, 0.25) is 11.8 Å². The minimum Gasteiger partial charge on any atom is -0.383 e. The second kappa shape index (κ2) is 9.33. The van der Waals surface area contributed by atoms with Crippen molar-refractivity contribution in [1.82, 2.24) is 10.2 Å². The van der Waals surface area contributed by atoms with Gasteiger partial charge >= 0.3 is 0 Å². The Morgan fingerprint density at radius 3 is 2.74 bits per heavy atom. The summed E-state index contributed by atoms with van der Waals surface area (Å²) < 4.78 is 10.6. The Morgan fingerprint density at radius 1 is 1.30 bits per heavy atom. The normalized spacial score (nSPS) is 22.5. The molecule has 3 rings (SSSR count). The Morgan fingerprint density at radius 2 is 2.04 bits per heavy atom. The lowest BCUT2D eigenvalue weighted by Gasteiger charge is -2.39. The molecule has 0 aromatic heterocycles. The van der Waals surface area contributed by atoms with Crippen LogP contribution in [0.3, 0.4) is 0 Å². The largest absolute Gasteiger partial charge is 0.383 e. The summed E-state index contributed by atoms with van der Waals surface area (Å²) in [5.74, 6) is 0.0141. The van der Waals surface area contributed by atoms with Gasteiger partial charge in [-0.15, -0.1) is 0 Å². The number of nitrogens with zero attached hydrogens (tertiary/aromatic N) is 1. The second-order valence-electron chi connectivity index (χ2n) is 7.54. The van der Waals surface area contributed by atoms with E-state index in [1.165, 1.54) is 5.56 Å². The molecular weight excluding hydrogens is 344 g/mol. The highest BCUT2D eigenvalue weighted by Crippen LogP contribution is 2.34. The van der Waals surface area contributed by atoms with Crippen LogP contribution in [0.5, 0.6) is 0 Å². The molecule has 1 atom stereocenters. The van der Waals surface area contributed by atoms with E-state index in [9.17, 15) is 9.59 Å². The van der Waals surface area contributed by atoms with E-state index < -0.39 is 0 Å². The van der Waals surface area contributed by atoms with Gasteiger partial charge in [-0.25, -0.2) is 0 Å². The fraction of sp³-hybridized carbons (Fsp3) is 0.619. The van der Waals surface area contributed by atoms with Crippen molar-refractivity contribution in [3.63, 3.8) is 0 Å². The fourth-order valence-corrected chi connectivity index (χ4v) is 4.07. The molecule has 2 heterocycles. The molecule has 148 valence electrons. The van der Waals surface area contributed by atoms with Crippen LogP contribution in [-0.2, 0) is 24.5 Å². The number of carbonyl (C=O) groups excluding carboxylic acids is 2. The molecular formula is C21H30N2O4. The van der Waals surface area contributed by atoms with Crippen molar-refractivity contribution in [2.75, 3.05) is 46.6 Å². The van der Waals surface area contributed by atoms with Gasteiger partial charge in [-0.2, -0.15) is 0 Å². The number of likely N-dealkylation sites (tertiary alicyclic amines) is 1. The lowest BCUT2D eigenvalue weighted by Crippen LogP contribution is -2.50. The van der Waals surface area contributed by atoms with Crippen molar-refractivity contribution in [1.29, 1.82) is 0 Å². The summed E-state index contributed by atoms with van der Waals surface area (Å²) in [4.78, 5) is 26.6. The lowest BCUT2D eigenvalue weighted by atomic mass is 9.74. The summed E-state index contributed by atoms with van der Waals surface area (Å²) in [6.07, 6.45) is 2.86. The van der Waals surface area contributed by atoms with Gasteiger partial charge in [-0.05, 0) is 24.8 Å². The quantitative estimate of drug-likeness (QED) is 0.789. The predicted molar refractivity (Wildman–Crippen MR) is 102 cm³/mol. The molecule has 2 fully saturated rings. The van der Waals surface area contributed by atoms with E-state index in [4.69, 9.17) is 9.47 Å². The number of amides is 2. The minimum absolute atomic E-state index is 0.0479. The summed E-state index contributed by atoms with van der Waals surface area (Å²) in [5.41, 5.74) is 1.18. The van der Waals surface area contributed by atoms with Crippen molar-refractivity contribution < 1.29 is 19.1 Å². The average molecular weight is 374 g/mol. The first-order chi connectivity index (χ1) is 13.1. The molecule has 27 heavy (non-hydrogen) atoms. The molecule has 0 aliphatic carbocycles. The number of hydrogen-bond donors (Lipinski definition) is 1. The van der Waals surface area contributed by atoms with Crippen molar-refractivity contribution in [2.24, 2.45) is 5.92 Å². The van der Waals surface area contributed by atoms with E-state index in [0.717, 1.165) is 12.8 Å². The molecule has 1 aromatic rings. The second-order valence-corrected chi connectivity index (χ2v) is 7.54. The molecule has 0 radical (unpaired) electrons. The lowest BCUT2D eigenvalue weighted by molar-refractivity contribution is -0.139. The van der Waals surface area contributed by atoms with Gasteiger partial charge in [0.1, 0.15) is 0 Å². The zero-order valence-electron chi connectivity index (χ0n) is 16.1. The number of ether oxygens (including phenoxy) is 2. The first-order valence-corrected chi connectivity index (χ1v) is 9.82. The Kier molecular flexibility index (Phi) is 6.85. The minimum atomic E-state index is -0.146. The zero-order chi connectivity index (χ0) is 19.1. The van der Waals surface area contributed by atoms with E-state index in [1.807, 2.05) is 6.07 Å².